The zero-order chi connectivity index (χ0) is 9.43. The lowest BCUT2D eigenvalue weighted by Gasteiger charge is -2.36. The Morgan fingerprint density at radius 1 is 1.29 bits per heavy atom. The van der Waals surface area contributed by atoms with Crippen LogP contribution in [0.15, 0.2) is 24.3 Å². The van der Waals surface area contributed by atoms with Gasteiger partial charge in [0.15, 0.2) is 0 Å². The first-order chi connectivity index (χ1) is 6.91. The van der Waals surface area contributed by atoms with E-state index in [2.05, 4.69) is 29.6 Å². The molecule has 2 aliphatic heterocycles. The molecule has 2 heteroatoms. The van der Waals surface area contributed by atoms with Gasteiger partial charge in [-0.3, -0.25) is 5.32 Å². The Morgan fingerprint density at radius 3 is 3.07 bits per heavy atom. The van der Waals surface area contributed by atoms with E-state index in [9.17, 15) is 0 Å². The van der Waals surface area contributed by atoms with Crippen molar-refractivity contribution in [2.75, 3.05) is 13.2 Å². The maximum Gasteiger partial charge on any atom is 0.145 e. The third-order valence-electron chi connectivity index (χ3n) is 3.29. The summed E-state index contributed by atoms with van der Waals surface area (Å²) in [7, 11) is 0. The standard InChI is InChI=1S/C12H15NO/c1-2-5-11-10(4-1)6-9-14-12(11)7-3-8-13-12/h1-2,4-5,13H,3,6-9H2. The van der Waals surface area contributed by atoms with Crippen LogP contribution < -0.4 is 5.32 Å². The molecule has 0 saturated carbocycles. The van der Waals surface area contributed by atoms with Crippen LogP contribution in [-0.4, -0.2) is 13.2 Å². The van der Waals surface area contributed by atoms with Crippen LogP contribution in [0.1, 0.15) is 24.0 Å². The molecular formula is C12H15NO. The summed E-state index contributed by atoms with van der Waals surface area (Å²) >= 11 is 0. The van der Waals surface area contributed by atoms with Crippen molar-refractivity contribution in [3.05, 3.63) is 35.4 Å². The summed E-state index contributed by atoms with van der Waals surface area (Å²) < 4.78 is 5.94. The number of rotatable bonds is 0. The molecule has 2 aliphatic rings. The summed E-state index contributed by atoms with van der Waals surface area (Å²) in [4.78, 5) is 0. The Bertz CT molecular complexity index is 342. The first kappa shape index (κ1) is 8.45. The van der Waals surface area contributed by atoms with E-state index in [1.807, 2.05) is 0 Å². The SMILES string of the molecule is c1ccc2c(c1)CCOC21CCCN1. The lowest BCUT2D eigenvalue weighted by atomic mass is 9.91. The molecule has 0 aliphatic carbocycles. The third-order valence-corrected chi connectivity index (χ3v) is 3.29. The predicted molar refractivity (Wildman–Crippen MR) is 55.0 cm³/mol. The lowest BCUT2D eigenvalue weighted by Crippen LogP contribution is -2.43. The first-order valence-electron chi connectivity index (χ1n) is 5.38. The topological polar surface area (TPSA) is 21.3 Å². The quantitative estimate of drug-likeness (QED) is 0.672. The van der Waals surface area contributed by atoms with Crippen LogP contribution in [0.25, 0.3) is 0 Å². The van der Waals surface area contributed by atoms with Gasteiger partial charge in [0.05, 0.1) is 6.61 Å². The molecule has 1 aromatic carbocycles. The summed E-state index contributed by atoms with van der Waals surface area (Å²) in [5.74, 6) is 0. The van der Waals surface area contributed by atoms with Gasteiger partial charge in [0.25, 0.3) is 0 Å². The maximum absolute atomic E-state index is 5.94. The first-order valence-corrected chi connectivity index (χ1v) is 5.38. The van der Waals surface area contributed by atoms with Crippen LogP contribution in [-0.2, 0) is 16.9 Å². The van der Waals surface area contributed by atoms with Gasteiger partial charge in [-0.1, -0.05) is 24.3 Å². The molecule has 14 heavy (non-hydrogen) atoms. The molecule has 1 atom stereocenters. The average molecular weight is 189 g/mol. The minimum absolute atomic E-state index is 0.144. The van der Waals surface area contributed by atoms with E-state index in [0.717, 1.165) is 26.0 Å². The number of benzene rings is 1. The largest absolute Gasteiger partial charge is 0.356 e. The molecule has 0 amide bonds. The highest BCUT2D eigenvalue weighted by molar-refractivity contribution is 5.34. The highest BCUT2D eigenvalue weighted by Crippen LogP contribution is 2.37. The molecule has 0 radical (unpaired) electrons. The van der Waals surface area contributed by atoms with E-state index in [1.54, 1.807) is 0 Å². The second kappa shape index (κ2) is 3.07. The van der Waals surface area contributed by atoms with Gasteiger partial charge >= 0.3 is 0 Å². The van der Waals surface area contributed by atoms with E-state index < -0.39 is 0 Å². The van der Waals surface area contributed by atoms with Crippen LogP contribution in [0.2, 0.25) is 0 Å². The van der Waals surface area contributed by atoms with E-state index in [4.69, 9.17) is 4.74 Å². The monoisotopic (exact) mass is 189 g/mol. The van der Waals surface area contributed by atoms with Crippen molar-refractivity contribution >= 4 is 0 Å². The fraction of sp³-hybridized carbons (Fsp3) is 0.500. The van der Waals surface area contributed by atoms with Crippen molar-refractivity contribution in [1.82, 2.24) is 5.32 Å². The molecule has 2 heterocycles. The smallest absolute Gasteiger partial charge is 0.145 e. The lowest BCUT2D eigenvalue weighted by molar-refractivity contribution is -0.0725. The number of hydrogen-bond donors (Lipinski definition) is 1. The van der Waals surface area contributed by atoms with Gasteiger partial charge in [-0.15, -0.1) is 0 Å². The van der Waals surface area contributed by atoms with Gasteiger partial charge in [0, 0.05) is 5.56 Å². The summed E-state index contributed by atoms with van der Waals surface area (Å²) in [5, 5.41) is 3.51. The van der Waals surface area contributed by atoms with E-state index in [1.165, 1.54) is 17.5 Å². The van der Waals surface area contributed by atoms with Crippen molar-refractivity contribution in [2.24, 2.45) is 0 Å². The third kappa shape index (κ3) is 1.11. The van der Waals surface area contributed by atoms with Gasteiger partial charge < -0.3 is 4.74 Å². The fourth-order valence-electron chi connectivity index (χ4n) is 2.61. The van der Waals surface area contributed by atoms with Gasteiger partial charge in [-0.25, -0.2) is 0 Å². The molecule has 1 unspecified atom stereocenters. The van der Waals surface area contributed by atoms with Crippen molar-refractivity contribution in [2.45, 2.75) is 25.0 Å². The van der Waals surface area contributed by atoms with Crippen molar-refractivity contribution in [3.8, 4) is 0 Å². The molecule has 1 spiro atoms. The Kier molecular flexibility index (Phi) is 1.85. The minimum atomic E-state index is -0.144. The molecule has 1 N–H and O–H groups in total. The second-order valence-corrected chi connectivity index (χ2v) is 4.11. The number of nitrogens with one attached hydrogen (secondary N) is 1. The molecule has 2 nitrogen and oxygen atoms in total. The highest BCUT2D eigenvalue weighted by atomic mass is 16.5. The Balaban J connectivity index is 2.10. The van der Waals surface area contributed by atoms with Gasteiger partial charge in [0.1, 0.15) is 5.72 Å². The van der Waals surface area contributed by atoms with Crippen LogP contribution in [0, 0.1) is 0 Å². The van der Waals surface area contributed by atoms with Crippen LogP contribution in [0.4, 0.5) is 0 Å². The van der Waals surface area contributed by atoms with Gasteiger partial charge in [-0.2, -0.15) is 0 Å². The number of fused-ring (bicyclic) bond motifs is 2. The van der Waals surface area contributed by atoms with Crippen molar-refractivity contribution in [3.63, 3.8) is 0 Å². The van der Waals surface area contributed by atoms with Crippen molar-refractivity contribution in [1.29, 1.82) is 0 Å². The molecule has 1 saturated heterocycles. The molecule has 0 bridgehead atoms. The Hall–Kier alpha value is -0.860. The van der Waals surface area contributed by atoms with Gasteiger partial charge in [0.2, 0.25) is 0 Å². The van der Waals surface area contributed by atoms with E-state index >= 15 is 0 Å². The Morgan fingerprint density at radius 2 is 2.21 bits per heavy atom. The average Bonchev–Trinajstić information content (AvgIpc) is 2.68. The molecule has 0 aromatic heterocycles. The summed E-state index contributed by atoms with van der Waals surface area (Å²) in [6.45, 7) is 1.93. The van der Waals surface area contributed by atoms with E-state index in [0.29, 0.717) is 0 Å². The van der Waals surface area contributed by atoms with Crippen LogP contribution in [0.3, 0.4) is 0 Å². The van der Waals surface area contributed by atoms with E-state index in [-0.39, 0.29) is 5.72 Å². The summed E-state index contributed by atoms with van der Waals surface area (Å²) in [6, 6.07) is 8.65. The molecule has 74 valence electrons. The fourth-order valence-corrected chi connectivity index (χ4v) is 2.61. The highest BCUT2D eigenvalue weighted by Gasteiger charge is 2.39. The molecule has 1 fully saturated rings. The predicted octanol–water partition coefficient (Wildman–Crippen LogP) is 1.80. The second-order valence-electron chi connectivity index (χ2n) is 4.11. The zero-order valence-electron chi connectivity index (χ0n) is 8.25. The summed E-state index contributed by atoms with van der Waals surface area (Å²) in [5.41, 5.74) is 2.67. The molecule has 3 rings (SSSR count). The summed E-state index contributed by atoms with van der Waals surface area (Å²) in [6.07, 6.45) is 3.39. The van der Waals surface area contributed by atoms with Crippen LogP contribution in [0.5, 0.6) is 0 Å². The maximum atomic E-state index is 5.94. The Labute approximate surface area is 84.3 Å². The number of hydrogen-bond acceptors (Lipinski definition) is 2. The van der Waals surface area contributed by atoms with Gasteiger partial charge in [-0.05, 0) is 31.4 Å². The minimum Gasteiger partial charge on any atom is -0.356 e. The van der Waals surface area contributed by atoms with Crippen molar-refractivity contribution < 1.29 is 4.74 Å². The molecule has 1 aromatic rings. The molecular weight excluding hydrogens is 174 g/mol. The normalized spacial score (nSPS) is 30.6. The zero-order valence-corrected chi connectivity index (χ0v) is 8.25. The number of ether oxygens (including phenoxy) is 1. The van der Waals surface area contributed by atoms with Crippen LogP contribution >= 0.6 is 0 Å².